The van der Waals surface area contributed by atoms with Gasteiger partial charge in [0.05, 0.1) is 0 Å². The molecule has 0 saturated carbocycles. The number of nitrogens with two attached hydrogens (primary N) is 1. The van der Waals surface area contributed by atoms with Crippen molar-refractivity contribution in [2.24, 2.45) is 10.9 Å². The quantitative estimate of drug-likeness (QED) is 0.337. The highest BCUT2D eigenvalue weighted by atomic mass is 16.4. The summed E-state index contributed by atoms with van der Waals surface area (Å²) >= 11 is 0. The monoisotopic (exact) mass is 217 g/mol. The molecule has 0 radical (unpaired) electrons. The highest BCUT2D eigenvalue weighted by molar-refractivity contribution is 5.93. The van der Waals surface area contributed by atoms with Crippen LogP contribution in [0.5, 0.6) is 0 Å². The van der Waals surface area contributed by atoms with Gasteiger partial charge in [0.1, 0.15) is 0 Å². The van der Waals surface area contributed by atoms with Crippen LogP contribution in [-0.4, -0.2) is 25.6 Å². The Labute approximate surface area is 92.1 Å². The molecule has 2 aromatic rings. The van der Waals surface area contributed by atoms with E-state index in [0.717, 1.165) is 5.56 Å². The molecule has 6 heteroatoms. The molecule has 0 atom stereocenters. The molecule has 0 aliphatic heterocycles. The molecule has 0 saturated heterocycles. The van der Waals surface area contributed by atoms with E-state index >= 15 is 0 Å². The summed E-state index contributed by atoms with van der Waals surface area (Å²) in [7, 11) is 0. The van der Waals surface area contributed by atoms with Crippen molar-refractivity contribution >= 4 is 5.84 Å². The van der Waals surface area contributed by atoms with Crippen LogP contribution in [0.25, 0.3) is 0 Å². The second-order valence-corrected chi connectivity index (χ2v) is 3.22. The molecule has 2 rings (SSSR count). The molecule has 0 bridgehead atoms. The molecular formula is C10H11N5O. The SMILES string of the molecule is NC(=NO)c1nccn1Cc1ccncc1. The average Bonchev–Trinajstić information content (AvgIpc) is 2.77. The molecule has 3 N–H and O–H groups in total. The molecule has 0 aliphatic rings. The Morgan fingerprint density at radius 1 is 1.38 bits per heavy atom. The summed E-state index contributed by atoms with van der Waals surface area (Å²) in [5.41, 5.74) is 6.57. The van der Waals surface area contributed by atoms with Crippen molar-refractivity contribution in [3.05, 3.63) is 48.3 Å². The van der Waals surface area contributed by atoms with Crippen molar-refractivity contribution in [1.82, 2.24) is 14.5 Å². The summed E-state index contributed by atoms with van der Waals surface area (Å²) in [6, 6.07) is 3.80. The number of hydrogen-bond acceptors (Lipinski definition) is 4. The standard InChI is InChI=1S/C10H11N5O/c11-9(14-16)10-13-5-6-15(10)7-8-1-3-12-4-2-8/h1-6,16H,7H2,(H2,11,14). The highest BCUT2D eigenvalue weighted by Crippen LogP contribution is 2.04. The second kappa shape index (κ2) is 4.43. The fourth-order valence-electron chi connectivity index (χ4n) is 1.40. The third kappa shape index (κ3) is 2.00. The van der Waals surface area contributed by atoms with Gasteiger partial charge in [-0.25, -0.2) is 4.98 Å². The van der Waals surface area contributed by atoms with Crippen molar-refractivity contribution in [1.29, 1.82) is 0 Å². The van der Waals surface area contributed by atoms with Crippen molar-refractivity contribution < 1.29 is 5.21 Å². The van der Waals surface area contributed by atoms with Gasteiger partial charge >= 0.3 is 0 Å². The van der Waals surface area contributed by atoms with E-state index < -0.39 is 0 Å². The molecule has 0 unspecified atom stereocenters. The number of amidine groups is 1. The fourth-order valence-corrected chi connectivity index (χ4v) is 1.40. The summed E-state index contributed by atoms with van der Waals surface area (Å²) in [5, 5.41) is 11.5. The number of imidazole rings is 1. The Bertz CT molecular complexity index is 491. The van der Waals surface area contributed by atoms with Crippen molar-refractivity contribution in [3.8, 4) is 0 Å². The van der Waals surface area contributed by atoms with E-state index in [9.17, 15) is 0 Å². The summed E-state index contributed by atoms with van der Waals surface area (Å²) in [6.45, 7) is 0.605. The van der Waals surface area contributed by atoms with Crippen LogP contribution in [-0.2, 0) is 6.54 Å². The summed E-state index contributed by atoms with van der Waals surface area (Å²) in [5.74, 6) is 0.443. The number of rotatable bonds is 3. The Kier molecular flexibility index (Phi) is 2.81. The molecule has 82 valence electrons. The fraction of sp³-hybridized carbons (Fsp3) is 0.100. The van der Waals surface area contributed by atoms with Crippen LogP contribution in [0.2, 0.25) is 0 Å². The van der Waals surface area contributed by atoms with Gasteiger partial charge in [-0.1, -0.05) is 5.16 Å². The summed E-state index contributed by atoms with van der Waals surface area (Å²) in [4.78, 5) is 7.95. The maximum absolute atomic E-state index is 8.60. The molecule has 6 nitrogen and oxygen atoms in total. The van der Waals surface area contributed by atoms with E-state index in [0.29, 0.717) is 12.4 Å². The van der Waals surface area contributed by atoms with E-state index in [1.54, 1.807) is 29.4 Å². The van der Waals surface area contributed by atoms with Gasteiger partial charge in [0.25, 0.3) is 0 Å². The Morgan fingerprint density at radius 3 is 2.81 bits per heavy atom. The van der Waals surface area contributed by atoms with Gasteiger partial charge in [0.15, 0.2) is 5.82 Å². The zero-order chi connectivity index (χ0) is 11.4. The maximum atomic E-state index is 8.60. The van der Waals surface area contributed by atoms with Crippen LogP contribution in [0.3, 0.4) is 0 Å². The first-order valence-corrected chi connectivity index (χ1v) is 4.69. The van der Waals surface area contributed by atoms with Crippen LogP contribution in [0, 0.1) is 0 Å². The highest BCUT2D eigenvalue weighted by Gasteiger charge is 2.07. The molecule has 0 spiro atoms. The van der Waals surface area contributed by atoms with E-state index in [1.807, 2.05) is 12.1 Å². The molecule has 16 heavy (non-hydrogen) atoms. The molecule has 0 amide bonds. The molecule has 2 aromatic heterocycles. The molecule has 0 aromatic carbocycles. The molecule has 0 aliphatic carbocycles. The van der Waals surface area contributed by atoms with Crippen LogP contribution < -0.4 is 5.73 Å². The van der Waals surface area contributed by atoms with Gasteiger partial charge in [-0.2, -0.15) is 0 Å². The van der Waals surface area contributed by atoms with Crippen molar-refractivity contribution in [3.63, 3.8) is 0 Å². The minimum atomic E-state index is -0.000874. The number of nitrogens with zero attached hydrogens (tertiary/aromatic N) is 4. The zero-order valence-electron chi connectivity index (χ0n) is 8.48. The lowest BCUT2D eigenvalue weighted by Crippen LogP contribution is -2.19. The lowest BCUT2D eigenvalue weighted by molar-refractivity contribution is 0.318. The van der Waals surface area contributed by atoms with Gasteiger partial charge in [0, 0.05) is 31.3 Å². The predicted molar refractivity (Wildman–Crippen MR) is 58.1 cm³/mol. The summed E-state index contributed by atoms with van der Waals surface area (Å²) in [6.07, 6.45) is 6.81. The minimum absolute atomic E-state index is 0.000874. The number of pyridine rings is 1. The van der Waals surface area contributed by atoms with Gasteiger partial charge in [-0.05, 0) is 17.7 Å². The van der Waals surface area contributed by atoms with Crippen LogP contribution in [0.4, 0.5) is 0 Å². The van der Waals surface area contributed by atoms with Crippen LogP contribution >= 0.6 is 0 Å². The van der Waals surface area contributed by atoms with Gasteiger partial charge in [0.2, 0.25) is 5.84 Å². The first-order valence-electron chi connectivity index (χ1n) is 4.69. The third-order valence-corrected chi connectivity index (χ3v) is 2.15. The zero-order valence-corrected chi connectivity index (χ0v) is 8.48. The predicted octanol–water partition coefficient (Wildman–Crippen LogP) is 0.421. The average molecular weight is 217 g/mol. The van der Waals surface area contributed by atoms with E-state index in [-0.39, 0.29) is 5.84 Å². The minimum Gasteiger partial charge on any atom is -0.409 e. The largest absolute Gasteiger partial charge is 0.409 e. The van der Waals surface area contributed by atoms with Crippen LogP contribution in [0.1, 0.15) is 11.4 Å². The maximum Gasteiger partial charge on any atom is 0.206 e. The lowest BCUT2D eigenvalue weighted by atomic mass is 10.2. The Hall–Kier alpha value is -2.37. The van der Waals surface area contributed by atoms with E-state index in [4.69, 9.17) is 10.9 Å². The van der Waals surface area contributed by atoms with E-state index in [1.165, 1.54) is 0 Å². The second-order valence-electron chi connectivity index (χ2n) is 3.22. The summed E-state index contributed by atoms with van der Waals surface area (Å²) < 4.78 is 1.80. The Balaban J connectivity index is 2.26. The first-order chi connectivity index (χ1) is 7.81. The topological polar surface area (TPSA) is 89.3 Å². The van der Waals surface area contributed by atoms with Gasteiger partial charge in [-0.15, -0.1) is 0 Å². The van der Waals surface area contributed by atoms with Gasteiger partial charge < -0.3 is 15.5 Å². The Morgan fingerprint density at radius 2 is 2.12 bits per heavy atom. The number of aromatic nitrogens is 3. The number of hydrogen-bond donors (Lipinski definition) is 2. The normalized spacial score (nSPS) is 11.6. The molecular weight excluding hydrogens is 206 g/mol. The van der Waals surface area contributed by atoms with Crippen LogP contribution in [0.15, 0.2) is 42.1 Å². The van der Waals surface area contributed by atoms with E-state index in [2.05, 4.69) is 15.1 Å². The van der Waals surface area contributed by atoms with Gasteiger partial charge in [-0.3, -0.25) is 4.98 Å². The van der Waals surface area contributed by atoms with Crippen molar-refractivity contribution in [2.75, 3.05) is 0 Å². The molecule has 0 fully saturated rings. The third-order valence-electron chi connectivity index (χ3n) is 2.15. The first kappa shape index (κ1) is 10.2. The smallest absolute Gasteiger partial charge is 0.206 e. The molecule has 2 heterocycles. The lowest BCUT2D eigenvalue weighted by Gasteiger charge is -2.06. The number of oxime groups is 1. The van der Waals surface area contributed by atoms with Crippen molar-refractivity contribution in [2.45, 2.75) is 6.54 Å².